The molecule has 3 nitrogen and oxygen atoms in total. The predicted molar refractivity (Wildman–Crippen MR) is 61.6 cm³/mol. The second-order valence-corrected chi connectivity index (χ2v) is 5.87. The lowest BCUT2D eigenvalue weighted by Crippen LogP contribution is -2.57. The molecule has 0 aromatic heterocycles. The van der Waals surface area contributed by atoms with Crippen LogP contribution in [0.15, 0.2) is 5.16 Å². The Morgan fingerprint density at radius 3 is 2.81 bits per heavy atom. The van der Waals surface area contributed by atoms with Crippen molar-refractivity contribution < 1.29 is 10.3 Å². The van der Waals surface area contributed by atoms with E-state index in [-0.39, 0.29) is 5.92 Å². The van der Waals surface area contributed by atoms with Gasteiger partial charge in [0.1, 0.15) is 0 Å². The van der Waals surface area contributed by atoms with Crippen molar-refractivity contribution in [1.29, 1.82) is 0 Å². The van der Waals surface area contributed by atoms with Crippen LogP contribution in [0.25, 0.3) is 0 Å². The van der Waals surface area contributed by atoms with E-state index in [2.05, 4.69) is 5.16 Å². The lowest BCUT2D eigenvalue weighted by Gasteiger charge is -2.53. The Labute approximate surface area is 96.5 Å². The van der Waals surface area contributed by atoms with Crippen LogP contribution in [0.1, 0.15) is 51.4 Å². The third kappa shape index (κ3) is 1.33. The Morgan fingerprint density at radius 1 is 1.12 bits per heavy atom. The van der Waals surface area contributed by atoms with Crippen LogP contribution < -0.4 is 0 Å². The van der Waals surface area contributed by atoms with Crippen LogP contribution in [0, 0.1) is 17.8 Å². The maximum absolute atomic E-state index is 10.9. The molecule has 3 heteroatoms. The SMILES string of the molecule is ON=C1C2CCC[C@@H]1[C@@]1(O)CCCCC1C2. The molecule has 3 rings (SSSR count). The summed E-state index contributed by atoms with van der Waals surface area (Å²) in [6, 6.07) is 0. The molecule has 4 atom stereocenters. The molecule has 3 aliphatic carbocycles. The fraction of sp³-hybridized carbons (Fsp3) is 0.923. The molecule has 0 amide bonds. The molecule has 0 aromatic carbocycles. The average molecular weight is 223 g/mol. The second kappa shape index (κ2) is 3.73. The minimum Gasteiger partial charge on any atom is -0.411 e. The number of aliphatic hydroxyl groups is 1. The quantitative estimate of drug-likeness (QED) is 0.490. The number of hydrogen-bond acceptors (Lipinski definition) is 3. The smallest absolute Gasteiger partial charge is 0.0757 e. The molecule has 2 bridgehead atoms. The van der Waals surface area contributed by atoms with Crippen LogP contribution in [0.5, 0.6) is 0 Å². The van der Waals surface area contributed by atoms with Crippen molar-refractivity contribution in [2.24, 2.45) is 22.9 Å². The molecule has 2 unspecified atom stereocenters. The number of hydrogen-bond donors (Lipinski definition) is 2. The standard InChI is InChI=1S/C13H21NO2/c15-13-7-2-1-5-10(13)8-9-4-3-6-11(13)12(9)14-16/h9-11,15-16H,1-8H2/t9?,10?,11-,13+/m0/s1. The average Bonchev–Trinajstić information content (AvgIpc) is 2.30. The fourth-order valence-electron chi connectivity index (χ4n) is 4.42. The van der Waals surface area contributed by atoms with E-state index in [0.717, 1.165) is 37.8 Å². The zero-order valence-electron chi connectivity index (χ0n) is 9.73. The first-order valence-electron chi connectivity index (χ1n) is 6.70. The summed E-state index contributed by atoms with van der Waals surface area (Å²) >= 11 is 0. The first-order valence-corrected chi connectivity index (χ1v) is 6.70. The molecular formula is C13H21NO2. The maximum Gasteiger partial charge on any atom is 0.0757 e. The first-order chi connectivity index (χ1) is 7.75. The van der Waals surface area contributed by atoms with Crippen LogP contribution in [-0.4, -0.2) is 21.6 Å². The zero-order chi connectivity index (χ0) is 11.2. The van der Waals surface area contributed by atoms with E-state index in [0.29, 0.717) is 11.8 Å². The van der Waals surface area contributed by atoms with Gasteiger partial charge in [0, 0.05) is 11.8 Å². The third-order valence-electron chi connectivity index (χ3n) is 5.20. The summed E-state index contributed by atoms with van der Waals surface area (Å²) in [7, 11) is 0. The molecule has 0 saturated heterocycles. The van der Waals surface area contributed by atoms with E-state index in [1.54, 1.807) is 0 Å². The van der Waals surface area contributed by atoms with E-state index in [9.17, 15) is 10.3 Å². The Balaban J connectivity index is 1.96. The summed E-state index contributed by atoms with van der Waals surface area (Å²) in [6.45, 7) is 0. The molecular weight excluding hydrogens is 202 g/mol. The summed E-state index contributed by atoms with van der Waals surface area (Å²) in [5.41, 5.74) is 0.364. The van der Waals surface area contributed by atoms with Crippen molar-refractivity contribution in [2.45, 2.75) is 57.0 Å². The third-order valence-corrected chi connectivity index (χ3v) is 5.20. The predicted octanol–water partition coefficient (Wildman–Crippen LogP) is 2.56. The number of rotatable bonds is 0. The van der Waals surface area contributed by atoms with Gasteiger partial charge < -0.3 is 10.3 Å². The van der Waals surface area contributed by atoms with Crippen LogP contribution in [0.4, 0.5) is 0 Å². The van der Waals surface area contributed by atoms with Gasteiger partial charge in [-0.25, -0.2) is 0 Å². The van der Waals surface area contributed by atoms with Crippen molar-refractivity contribution in [3.05, 3.63) is 0 Å². The summed E-state index contributed by atoms with van der Waals surface area (Å²) in [5.74, 6) is 1.06. The normalized spacial score (nSPS) is 50.1. The number of fused-ring (bicyclic) bond motifs is 4. The first kappa shape index (κ1) is 10.6. The second-order valence-electron chi connectivity index (χ2n) is 5.87. The van der Waals surface area contributed by atoms with E-state index in [1.807, 2.05) is 0 Å². The van der Waals surface area contributed by atoms with E-state index < -0.39 is 5.60 Å². The monoisotopic (exact) mass is 223 g/mol. The molecule has 16 heavy (non-hydrogen) atoms. The highest BCUT2D eigenvalue weighted by atomic mass is 16.4. The zero-order valence-corrected chi connectivity index (χ0v) is 9.73. The highest BCUT2D eigenvalue weighted by Gasteiger charge is 2.54. The molecule has 2 N–H and O–H groups in total. The van der Waals surface area contributed by atoms with E-state index in [1.165, 1.54) is 19.3 Å². The number of nitrogens with zero attached hydrogens (tertiary/aromatic N) is 1. The summed E-state index contributed by atoms with van der Waals surface area (Å²) < 4.78 is 0. The van der Waals surface area contributed by atoms with Crippen molar-refractivity contribution in [1.82, 2.24) is 0 Å². The Hall–Kier alpha value is -0.570. The van der Waals surface area contributed by atoms with Crippen molar-refractivity contribution in [3.63, 3.8) is 0 Å². The lowest BCUT2D eigenvalue weighted by molar-refractivity contribution is -0.102. The van der Waals surface area contributed by atoms with Gasteiger partial charge in [0.15, 0.2) is 0 Å². The van der Waals surface area contributed by atoms with Crippen molar-refractivity contribution in [3.8, 4) is 0 Å². The van der Waals surface area contributed by atoms with Crippen LogP contribution >= 0.6 is 0 Å². The largest absolute Gasteiger partial charge is 0.411 e. The molecule has 0 aromatic rings. The maximum atomic E-state index is 10.9. The summed E-state index contributed by atoms with van der Waals surface area (Å²) in [6.07, 6.45) is 8.88. The van der Waals surface area contributed by atoms with Gasteiger partial charge in [-0.05, 0) is 38.0 Å². The van der Waals surface area contributed by atoms with Gasteiger partial charge in [0.25, 0.3) is 0 Å². The van der Waals surface area contributed by atoms with E-state index >= 15 is 0 Å². The Kier molecular flexibility index (Phi) is 2.46. The topological polar surface area (TPSA) is 52.8 Å². The molecule has 3 fully saturated rings. The van der Waals surface area contributed by atoms with Gasteiger partial charge in [-0.15, -0.1) is 0 Å². The van der Waals surface area contributed by atoms with Crippen molar-refractivity contribution in [2.75, 3.05) is 0 Å². The van der Waals surface area contributed by atoms with Gasteiger partial charge in [0.2, 0.25) is 0 Å². The van der Waals surface area contributed by atoms with Gasteiger partial charge in [0.05, 0.1) is 11.3 Å². The van der Waals surface area contributed by atoms with Crippen LogP contribution in [0.2, 0.25) is 0 Å². The summed E-state index contributed by atoms with van der Waals surface area (Å²) in [5, 5.41) is 23.6. The fourth-order valence-corrected chi connectivity index (χ4v) is 4.42. The Morgan fingerprint density at radius 2 is 2.00 bits per heavy atom. The molecule has 0 spiro atoms. The summed E-state index contributed by atoms with van der Waals surface area (Å²) in [4.78, 5) is 0. The van der Waals surface area contributed by atoms with Crippen LogP contribution in [-0.2, 0) is 0 Å². The Bertz CT molecular complexity index is 315. The minimum absolute atomic E-state index is 0.148. The van der Waals surface area contributed by atoms with Gasteiger partial charge in [-0.3, -0.25) is 0 Å². The highest BCUT2D eigenvalue weighted by molar-refractivity contribution is 5.91. The lowest BCUT2D eigenvalue weighted by atomic mass is 9.54. The molecule has 0 heterocycles. The van der Waals surface area contributed by atoms with E-state index in [4.69, 9.17) is 0 Å². The van der Waals surface area contributed by atoms with Gasteiger partial charge in [-0.1, -0.05) is 24.4 Å². The van der Waals surface area contributed by atoms with Crippen molar-refractivity contribution >= 4 is 5.71 Å². The molecule has 90 valence electrons. The molecule has 0 radical (unpaired) electrons. The minimum atomic E-state index is -0.545. The molecule has 0 aliphatic heterocycles. The molecule has 3 aliphatic rings. The molecule has 3 saturated carbocycles. The van der Waals surface area contributed by atoms with Gasteiger partial charge >= 0.3 is 0 Å². The van der Waals surface area contributed by atoms with Crippen LogP contribution in [0.3, 0.4) is 0 Å². The van der Waals surface area contributed by atoms with Gasteiger partial charge in [-0.2, -0.15) is 0 Å². The number of oxime groups is 1. The highest BCUT2D eigenvalue weighted by Crippen LogP contribution is 2.52.